The Morgan fingerprint density at radius 2 is 1.28 bits per heavy atom. The van der Waals surface area contributed by atoms with E-state index in [-0.39, 0.29) is 0 Å². The van der Waals surface area contributed by atoms with Gasteiger partial charge in [-0.1, -0.05) is 113 Å². The van der Waals surface area contributed by atoms with Crippen LogP contribution in [0.2, 0.25) is 0 Å². The first-order valence-electron chi connectivity index (χ1n) is 13.7. The van der Waals surface area contributed by atoms with Gasteiger partial charge in [0.05, 0.1) is 23.1 Å². The first-order chi connectivity index (χ1) is 18.8. The molecule has 0 aliphatic rings. The van der Waals surface area contributed by atoms with Gasteiger partial charge in [0.25, 0.3) is 0 Å². The summed E-state index contributed by atoms with van der Waals surface area (Å²) in [5, 5.41) is 6.16. The molecule has 1 aromatic heterocycles. The van der Waals surface area contributed by atoms with Crippen molar-refractivity contribution in [3.05, 3.63) is 125 Å². The van der Waals surface area contributed by atoms with Gasteiger partial charge in [0.15, 0.2) is 5.84 Å². The first kappa shape index (κ1) is 26.3. The maximum absolute atomic E-state index is 5.42. The summed E-state index contributed by atoms with van der Waals surface area (Å²) in [6, 6.07) is 31.5. The highest BCUT2D eigenvalue weighted by Gasteiger charge is 2.19. The predicted octanol–water partition coefficient (Wildman–Crippen LogP) is 9.28. The zero-order valence-corrected chi connectivity index (χ0v) is 23.7. The molecular formula is C35H36N4. The van der Waals surface area contributed by atoms with Crippen molar-refractivity contribution in [1.29, 1.82) is 0 Å². The molecule has 0 N–H and O–H groups in total. The Labute approximate surface area is 231 Å². The molecule has 0 saturated heterocycles. The van der Waals surface area contributed by atoms with Gasteiger partial charge in [0, 0.05) is 10.9 Å². The molecule has 0 unspecified atom stereocenters. The van der Waals surface area contributed by atoms with Crippen molar-refractivity contribution in [2.45, 2.75) is 53.4 Å². The Hall–Kier alpha value is -4.31. The van der Waals surface area contributed by atoms with Gasteiger partial charge in [-0.2, -0.15) is 5.10 Å². The molecule has 1 heterocycles. The fourth-order valence-electron chi connectivity index (χ4n) is 5.05. The highest BCUT2D eigenvalue weighted by atomic mass is 15.3. The largest absolute Gasteiger partial charge is 0.254 e. The van der Waals surface area contributed by atoms with Gasteiger partial charge >= 0.3 is 0 Å². The van der Waals surface area contributed by atoms with Crippen LogP contribution in [0.25, 0.3) is 10.9 Å². The Balaban J connectivity index is 1.76. The van der Waals surface area contributed by atoms with Crippen LogP contribution in [-0.2, 0) is 0 Å². The molecule has 5 aromatic rings. The fraction of sp³-hybridized carbons (Fsp3) is 0.229. The summed E-state index contributed by atoms with van der Waals surface area (Å²) in [6.07, 6.45) is 1.89. The SMILES string of the molecule is Cc1cccc(C)c1/N=C/c1nn(/C(=N\c2c(C(C)C)cccc2C(C)C)c2ccccc2)c2ccccc12. The zero-order valence-electron chi connectivity index (χ0n) is 23.7. The van der Waals surface area contributed by atoms with Crippen LogP contribution in [0.15, 0.2) is 101 Å². The van der Waals surface area contributed by atoms with Crippen molar-refractivity contribution in [2.75, 3.05) is 0 Å². The minimum absolute atomic E-state index is 0.342. The maximum Gasteiger partial charge on any atom is 0.161 e. The fourth-order valence-corrected chi connectivity index (χ4v) is 5.05. The van der Waals surface area contributed by atoms with Crippen LogP contribution in [-0.4, -0.2) is 21.8 Å². The van der Waals surface area contributed by atoms with Crippen molar-refractivity contribution < 1.29 is 0 Å². The van der Waals surface area contributed by atoms with E-state index in [9.17, 15) is 0 Å². The monoisotopic (exact) mass is 512 g/mol. The maximum atomic E-state index is 5.42. The Morgan fingerprint density at radius 1 is 0.692 bits per heavy atom. The first-order valence-corrected chi connectivity index (χ1v) is 13.7. The van der Waals surface area contributed by atoms with Crippen LogP contribution in [0, 0.1) is 13.8 Å². The smallest absolute Gasteiger partial charge is 0.161 e. The number of fused-ring (bicyclic) bond motifs is 1. The molecule has 4 aromatic carbocycles. The third-order valence-corrected chi connectivity index (χ3v) is 7.16. The molecule has 0 bridgehead atoms. The molecule has 0 atom stereocenters. The minimum Gasteiger partial charge on any atom is -0.254 e. The van der Waals surface area contributed by atoms with E-state index in [0.29, 0.717) is 11.8 Å². The van der Waals surface area contributed by atoms with Crippen molar-refractivity contribution in [3.63, 3.8) is 0 Å². The molecule has 4 heteroatoms. The van der Waals surface area contributed by atoms with Gasteiger partial charge in [-0.15, -0.1) is 0 Å². The molecule has 0 fully saturated rings. The minimum atomic E-state index is 0.342. The summed E-state index contributed by atoms with van der Waals surface area (Å²) < 4.78 is 1.98. The lowest BCUT2D eigenvalue weighted by Gasteiger charge is -2.18. The van der Waals surface area contributed by atoms with Gasteiger partial charge < -0.3 is 0 Å². The number of para-hydroxylation sites is 3. The summed E-state index contributed by atoms with van der Waals surface area (Å²) in [5.41, 5.74) is 9.62. The topological polar surface area (TPSA) is 42.5 Å². The normalized spacial score (nSPS) is 12.4. The predicted molar refractivity (Wildman–Crippen MR) is 166 cm³/mol. The van der Waals surface area contributed by atoms with Crippen molar-refractivity contribution in [1.82, 2.24) is 9.78 Å². The molecule has 0 aliphatic carbocycles. The van der Waals surface area contributed by atoms with Crippen LogP contribution in [0.3, 0.4) is 0 Å². The second-order valence-electron chi connectivity index (χ2n) is 10.7. The lowest BCUT2D eigenvalue weighted by molar-refractivity contribution is 0.833. The number of rotatable bonds is 6. The lowest BCUT2D eigenvalue weighted by Crippen LogP contribution is -2.16. The Bertz CT molecular complexity index is 1620. The van der Waals surface area contributed by atoms with E-state index in [2.05, 4.69) is 126 Å². The number of aliphatic imine (C=N–C) groups is 2. The summed E-state index contributed by atoms with van der Waals surface area (Å²) in [4.78, 5) is 10.3. The van der Waals surface area contributed by atoms with Gasteiger partial charge in [0.1, 0.15) is 5.69 Å². The van der Waals surface area contributed by atoms with Gasteiger partial charge in [-0.3, -0.25) is 4.99 Å². The molecule has 0 radical (unpaired) electrons. The standard InChI is InChI=1S/C35H36N4/c1-23(2)28-19-13-20-29(24(3)4)34(28)37-35(27-16-8-7-9-17-27)39-32-21-11-10-18-30(32)31(38-39)22-36-33-25(5)14-12-15-26(33)6/h7-24H,1-6H3/b36-22+,37-35-. The van der Waals surface area contributed by atoms with Crippen molar-refractivity contribution in [2.24, 2.45) is 9.98 Å². The second-order valence-corrected chi connectivity index (χ2v) is 10.7. The van der Waals surface area contributed by atoms with E-state index in [1.165, 1.54) is 11.1 Å². The summed E-state index contributed by atoms with van der Waals surface area (Å²) in [7, 11) is 0. The third kappa shape index (κ3) is 5.33. The number of nitrogens with zero attached hydrogens (tertiary/aromatic N) is 4. The van der Waals surface area contributed by atoms with E-state index >= 15 is 0 Å². The molecule has 39 heavy (non-hydrogen) atoms. The van der Waals surface area contributed by atoms with E-state index in [0.717, 1.165) is 50.5 Å². The number of hydrogen-bond donors (Lipinski definition) is 0. The van der Waals surface area contributed by atoms with E-state index in [4.69, 9.17) is 15.1 Å². The summed E-state index contributed by atoms with van der Waals surface area (Å²) >= 11 is 0. The van der Waals surface area contributed by atoms with Crippen molar-refractivity contribution >= 4 is 34.3 Å². The van der Waals surface area contributed by atoms with Gasteiger partial charge in [-0.05, 0) is 54.0 Å². The molecule has 5 rings (SSSR count). The van der Waals surface area contributed by atoms with Crippen LogP contribution in [0.4, 0.5) is 11.4 Å². The van der Waals surface area contributed by atoms with Crippen LogP contribution >= 0.6 is 0 Å². The van der Waals surface area contributed by atoms with E-state index < -0.39 is 0 Å². The summed E-state index contributed by atoms with van der Waals surface area (Å²) in [5.74, 6) is 1.48. The van der Waals surface area contributed by atoms with Crippen molar-refractivity contribution in [3.8, 4) is 0 Å². The number of hydrogen-bond acceptors (Lipinski definition) is 3. The van der Waals surface area contributed by atoms with Crippen LogP contribution in [0.1, 0.15) is 73.0 Å². The summed E-state index contributed by atoms with van der Waals surface area (Å²) in [6.45, 7) is 13.1. The number of aromatic nitrogens is 2. The molecule has 0 spiro atoms. The highest BCUT2D eigenvalue weighted by Crippen LogP contribution is 2.36. The van der Waals surface area contributed by atoms with Gasteiger partial charge in [0.2, 0.25) is 0 Å². The van der Waals surface area contributed by atoms with E-state index in [1.54, 1.807) is 0 Å². The molecule has 4 nitrogen and oxygen atoms in total. The average molecular weight is 513 g/mol. The zero-order chi connectivity index (χ0) is 27.5. The molecular weight excluding hydrogens is 476 g/mol. The molecule has 0 amide bonds. The van der Waals surface area contributed by atoms with Crippen LogP contribution < -0.4 is 0 Å². The van der Waals surface area contributed by atoms with Gasteiger partial charge in [-0.25, -0.2) is 9.67 Å². The highest BCUT2D eigenvalue weighted by molar-refractivity contribution is 6.09. The quantitative estimate of drug-likeness (QED) is 0.165. The molecule has 196 valence electrons. The third-order valence-electron chi connectivity index (χ3n) is 7.16. The van der Waals surface area contributed by atoms with E-state index in [1.807, 2.05) is 17.0 Å². The number of benzene rings is 4. The Morgan fingerprint density at radius 3 is 1.92 bits per heavy atom. The van der Waals surface area contributed by atoms with Crippen LogP contribution in [0.5, 0.6) is 0 Å². The molecule has 0 saturated carbocycles. The molecule has 0 aliphatic heterocycles. The average Bonchev–Trinajstić information content (AvgIpc) is 3.30. The number of aryl methyl sites for hydroxylation is 2. The Kier molecular flexibility index (Phi) is 7.56. The lowest BCUT2D eigenvalue weighted by atomic mass is 9.93. The second kappa shape index (κ2) is 11.2.